The molecule has 1 aliphatic carbocycles. The summed E-state index contributed by atoms with van der Waals surface area (Å²) in [6.45, 7) is 0. The number of hydrogen-bond donors (Lipinski definition) is 0. The van der Waals surface area contributed by atoms with Crippen LogP contribution >= 0.6 is 0 Å². The Labute approximate surface area is 279 Å². The molecule has 222 valence electrons. The number of fused-ring (bicyclic) bond motifs is 9. The monoisotopic (exact) mass is 610 g/mol. The summed E-state index contributed by atoms with van der Waals surface area (Å²) >= 11 is 0. The second-order valence-electron chi connectivity index (χ2n) is 12.3. The van der Waals surface area contributed by atoms with Gasteiger partial charge in [0.25, 0.3) is 0 Å². The largest absolute Gasteiger partial charge is 0.457 e. The molecule has 1 aliphatic heterocycles. The van der Waals surface area contributed by atoms with Gasteiger partial charge < -0.3 is 4.74 Å². The Balaban J connectivity index is 1.36. The average molecular weight is 611 g/mol. The van der Waals surface area contributed by atoms with Crippen LogP contribution in [0.5, 0.6) is 11.5 Å². The standard InChI is InChI=1S/C45H26N2O/c46-27-29-19-21-34-35-22-20-32(33-24-36(30-11-3-1-4-12-30)38(28-47)37(25-33)31-13-5-2-6-14-31)26-42(35)45(41(34)23-29)39-15-7-9-17-43(39)48-44-18-10-8-16-40(44)45/h1-26H. The van der Waals surface area contributed by atoms with Crippen molar-refractivity contribution in [2.45, 2.75) is 5.41 Å². The molecule has 9 rings (SSSR count). The Morgan fingerprint density at radius 3 is 1.48 bits per heavy atom. The van der Waals surface area contributed by atoms with Crippen LogP contribution in [-0.2, 0) is 5.41 Å². The molecule has 7 aromatic rings. The third kappa shape index (κ3) is 3.92. The van der Waals surface area contributed by atoms with Gasteiger partial charge in [0.2, 0.25) is 0 Å². The predicted octanol–water partition coefficient (Wildman–Crippen LogP) is 10.9. The molecule has 0 amide bonds. The molecule has 0 unspecified atom stereocenters. The van der Waals surface area contributed by atoms with Gasteiger partial charge in [0.15, 0.2) is 0 Å². The molecular formula is C45H26N2O. The molecule has 0 bridgehead atoms. The van der Waals surface area contributed by atoms with E-state index in [1.54, 1.807) is 0 Å². The first-order chi connectivity index (χ1) is 23.7. The molecular weight excluding hydrogens is 585 g/mol. The van der Waals surface area contributed by atoms with Crippen molar-refractivity contribution in [3.8, 4) is 68.1 Å². The number of nitriles is 2. The Kier molecular flexibility index (Phi) is 6.16. The fourth-order valence-electron chi connectivity index (χ4n) is 7.77. The van der Waals surface area contributed by atoms with Gasteiger partial charge in [0.1, 0.15) is 17.6 Å². The number of nitrogens with zero attached hydrogens (tertiary/aromatic N) is 2. The quantitative estimate of drug-likeness (QED) is 0.200. The molecule has 7 aromatic carbocycles. The van der Waals surface area contributed by atoms with Gasteiger partial charge in [-0.05, 0) is 87.0 Å². The van der Waals surface area contributed by atoms with Crippen molar-refractivity contribution in [3.05, 3.63) is 191 Å². The predicted molar refractivity (Wildman–Crippen MR) is 190 cm³/mol. The number of ether oxygens (including phenoxy) is 1. The van der Waals surface area contributed by atoms with Crippen LogP contribution in [0.3, 0.4) is 0 Å². The van der Waals surface area contributed by atoms with E-state index in [-0.39, 0.29) is 0 Å². The first-order valence-corrected chi connectivity index (χ1v) is 16.0. The van der Waals surface area contributed by atoms with Crippen LogP contribution in [0, 0.1) is 22.7 Å². The highest BCUT2D eigenvalue weighted by atomic mass is 16.5. The molecule has 0 N–H and O–H groups in total. The van der Waals surface area contributed by atoms with Crippen LogP contribution in [0.25, 0.3) is 44.5 Å². The third-order valence-corrected chi connectivity index (χ3v) is 9.82. The van der Waals surface area contributed by atoms with Crippen molar-refractivity contribution >= 4 is 0 Å². The van der Waals surface area contributed by atoms with Crippen LogP contribution in [0.1, 0.15) is 33.4 Å². The highest BCUT2D eigenvalue weighted by Crippen LogP contribution is 2.62. The van der Waals surface area contributed by atoms with Crippen molar-refractivity contribution in [1.29, 1.82) is 10.5 Å². The summed E-state index contributed by atoms with van der Waals surface area (Å²) in [7, 11) is 0. The molecule has 1 heterocycles. The summed E-state index contributed by atoms with van der Waals surface area (Å²) in [6.07, 6.45) is 0. The summed E-state index contributed by atoms with van der Waals surface area (Å²) in [5.41, 5.74) is 13.0. The van der Waals surface area contributed by atoms with E-state index in [1.807, 2.05) is 66.7 Å². The zero-order valence-electron chi connectivity index (χ0n) is 25.8. The minimum Gasteiger partial charge on any atom is -0.457 e. The number of hydrogen-bond acceptors (Lipinski definition) is 3. The number of rotatable bonds is 3. The van der Waals surface area contributed by atoms with Gasteiger partial charge in [-0.3, -0.25) is 0 Å². The molecule has 0 atom stereocenters. The maximum absolute atomic E-state index is 10.5. The second-order valence-corrected chi connectivity index (χ2v) is 12.3. The van der Waals surface area contributed by atoms with Gasteiger partial charge in [0.05, 0.1) is 22.6 Å². The summed E-state index contributed by atoms with van der Waals surface area (Å²) in [5, 5.41) is 20.6. The topological polar surface area (TPSA) is 56.8 Å². The highest BCUT2D eigenvalue weighted by molar-refractivity contribution is 5.92. The Bertz CT molecular complexity index is 2390. The van der Waals surface area contributed by atoms with Crippen LogP contribution in [0.2, 0.25) is 0 Å². The molecule has 0 radical (unpaired) electrons. The van der Waals surface area contributed by atoms with Crippen LogP contribution in [0.4, 0.5) is 0 Å². The van der Waals surface area contributed by atoms with E-state index in [1.165, 1.54) is 0 Å². The van der Waals surface area contributed by atoms with Crippen molar-refractivity contribution in [3.63, 3.8) is 0 Å². The zero-order valence-corrected chi connectivity index (χ0v) is 25.8. The summed E-state index contributed by atoms with van der Waals surface area (Å²) in [6, 6.07) is 58.8. The summed E-state index contributed by atoms with van der Waals surface area (Å²) < 4.78 is 6.53. The van der Waals surface area contributed by atoms with Gasteiger partial charge in [-0.25, -0.2) is 0 Å². The van der Waals surface area contributed by atoms with E-state index in [0.717, 1.165) is 78.3 Å². The Morgan fingerprint density at radius 2 is 0.917 bits per heavy atom. The first kappa shape index (κ1) is 27.6. The van der Waals surface area contributed by atoms with Gasteiger partial charge in [-0.2, -0.15) is 10.5 Å². The lowest BCUT2D eigenvalue weighted by molar-refractivity contribution is 0.436. The summed E-state index contributed by atoms with van der Waals surface area (Å²) in [5.74, 6) is 1.61. The van der Waals surface area contributed by atoms with E-state index in [0.29, 0.717) is 11.1 Å². The van der Waals surface area contributed by atoms with E-state index in [9.17, 15) is 10.5 Å². The molecule has 0 saturated carbocycles. The molecule has 1 spiro atoms. The van der Waals surface area contributed by atoms with Crippen LogP contribution in [0.15, 0.2) is 158 Å². The summed E-state index contributed by atoms with van der Waals surface area (Å²) in [4.78, 5) is 0. The molecule has 0 fully saturated rings. The molecule has 0 aromatic heterocycles. The van der Waals surface area contributed by atoms with E-state index in [2.05, 4.69) is 103 Å². The van der Waals surface area contributed by atoms with Gasteiger partial charge >= 0.3 is 0 Å². The lowest BCUT2D eigenvalue weighted by Crippen LogP contribution is -2.32. The highest BCUT2D eigenvalue weighted by Gasteiger charge is 2.51. The molecule has 0 saturated heterocycles. The van der Waals surface area contributed by atoms with Crippen molar-refractivity contribution in [2.75, 3.05) is 0 Å². The SMILES string of the molecule is N#Cc1ccc2c(c1)C1(c3ccccc3Oc3ccccc31)c1cc(-c3cc(-c4ccccc4)c(C#N)c(-c4ccccc4)c3)ccc1-2. The average Bonchev–Trinajstić information content (AvgIpc) is 3.44. The Hall–Kier alpha value is -6.68. The van der Waals surface area contributed by atoms with Gasteiger partial charge in [-0.15, -0.1) is 0 Å². The normalized spacial score (nSPS) is 12.9. The van der Waals surface area contributed by atoms with Gasteiger partial charge in [0, 0.05) is 22.3 Å². The van der Waals surface area contributed by atoms with Crippen LogP contribution < -0.4 is 4.74 Å². The maximum Gasteiger partial charge on any atom is 0.132 e. The first-order valence-electron chi connectivity index (χ1n) is 16.0. The second kappa shape index (κ2) is 10.7. The molecule has 48 heavy (non-hydrogen) atoms. The maximum atomic E-state index is 10.5. The van der Waals surface area contributed by atoms with E-state index < -0.39 is 5.41 Å². The molecule has 3 nitrogen and oxygen atoms in total. The lowest BCUT2D eigenvalue weighted by atomic mass is 9.65. The van der Waals surface area contributed by atoms with Crippen LogP contribution in [-0.4, -0.2) is 0 Å². The van der Waals surface area contributed by atoms with Gasteiger partial charge in [-0.1, -0.05) is 115 Å². The Morgan fingerprint density at radius 1 is 0.396 bits per heavy atom. The smallest absolute Gasteiger partial charge is 0.132 e. The molecule has 3 heteroatoms. The van der Waals surface area contributed by atoms with Crippen molar-refractivity contribution in [1.82, 2.24) is 0 Å². The lowest BCUT2D eigenvalue weighted by Gasteiger charge is -2.39. The number of benzene rings is 7. The van der Waals surface area contributed by atoms with Crippen molar-refractivity contribution < 1.29 is 4.74 Å². The van der Waals surface area contributed by atoms with Crippen molar-refractivity contribution in [2.24, 2.45) is 0 Å². The number of para-hydroxylation sites is 2. The minimum atomic E-state index is -0.698. The minimum absolute atomic E-state index is 0.620. The third-order valence-electron chi connectivity index (χ3n) is 9.82. The zero-order chi connectivity index (χ0) is 32.2. The fourth-order valence-corrected chi connectivity index (χ4v) is 7.77. The molecule has 2 aliphatic rings. The van der Waals surface area contributed by atoms with E-state index in [4.69, 9.17) is 4.74 Å². The van der Waals surface area contributed by atoms with E-state index >= 15 is 0 Å². The fraction of sp³-hybridized carbons (Fsp3) is 0.0222.